The van der Waals surface area contributed by atoms with Crippen LogP contribution >= 0.6 is 15.9 Å². The lowest BCUT2D eigenvalue weighted by molar-refractivity contribution is 0.301. The van der Waals surface area contributed by atoms with Gasteiger partial charge in [-0.3, -0.25) is 0 Å². The minimum absolute atomic E-state index is 0.271. The summed E-state index contributed by atoms with van der Waals surface area (Å²) in [5.74, 6) is 0.916. The van der Waals surface area contributed by atoms with Crippen molar-refractivity contribution in [1.29, 1.82) is 5.26 Å². The third kappa shape index (κ3) is 5.63. The fourth-order valence-corrected chi connectivity index (χ4v) is 2.24. The Morgan fingerprint density at radius 2 is 2.21 bits per heavy atom. The molecule has 0 aliphatic heterocycles. The molecule has 19 heavy (non-hydrogen) atoms. The Bertz CT molecular complexity index is 429. The number of nitrogens with zero attached hydrogens (tertiary/aromatic N) is 1. The van der Waals surface area contributed by atoms with Gasteiger partial charge in [-0.25, -0.2) is 0 Å². The molecule has 0 fully saturated rings. The fourth-order valence-electron chi connectivity index (χ4n) is 1.90. The number of nitrogens with one attached hydrogen (secondary N) is 1. The molecule has 1 atom stereocenters. The molecule has 1 N–H and O–H groups in total. The lowest BCUT2D eigenvalue weighted by Gasteiger charge is -2.18. The summed E-state index contributed by atoms with van der Waals surface area (Å²) in [5, 5.41) is 11.9. The van der Waals surface area contributed by atoms with Crippen molar-refractivity contribution in [2.24, 2.45) is 0 Å². The van der Waals surface area contributed by atoms with Crippen LogP contribution in [-0.2, 0) is 0 Å². The van der Waals surface area contributed by atoms with Gasteiger partial charge in [-0.05, 0) is 38.4 Å². The smallest absolute Gasteiger partial charge is 0.125 e. The van der Waals surface area contributed by atoms with Crippen LogP contribution in [-0.4, -0.2) is 13.2 Å². The van der Waals surface area contributed by atoms with Crippen molar-refractivity contribution < 1.29 is 4.74 Å². The highest BCUT2D eigenvalue weighted by molar-refractivity contribution is 9.10. The molecule has 0 aromatic heterocycles. The first-order valence-corrected chi connectivity index (χ1v) is 7.51. The third-order valence-corrected chi connectivity index (χ3v) is 3.39. The summed E-state index contributed by atoms with van der Waals surface area (Å²) >= 11 is 3.47. The van der Waals surface area contributed by atoms with Crippen LogP contribution in [0, 0.1) is 11.3 Å². The number of halogens is 1. The van der Waals surface area contributed by atoms with Crippen molar-refractivity contribution in [2.45, 2.75) is 39.2 Å². The van der Waals surface area contributed by atoms with Crippen molar-refractivity contribution in [2.75, 3.05) is 13.2 Å². The van der Waals surface area contributed by atoms with Crippen LogP contribution in [0.25, 0.3) is 0 Å². The molecular weight excluding hydrogens is 304 g/mol. The highest BCUT2D eigenvalue weighted by Gasteiger charge is 2.11. The maximum Gasteiger partial charge on any atom is 0.125 e. The first-order chi connectivity index (χ1) is 9.19. The summed E-state index contributed by atoms with van der Waals surface area (Å²) in [7, 11) is 0. The van der Waals surface area contributed by atoms with Crippen LogP contribution < -0.4 is 10.1 Å². The van der Waals surface area contributed by atoms with Crippen LogP contribution in [0.1, 0.15) is 44.7 Å². The number of hydrogen-bond donors (Lipinski definition) is 1. The van der Waals surface area contributed by atoms with E-state index in [1.807, 2.05) is 12.1 Å². The van der Waals surface area contributed by atoms with Gasteiger partial charge in [-0.1, -0.05) is 28.9 Å². The monoisotopic (exact) mass is 324 g/mol. The summed E-state index contributed by atoms with van der Waals surface area (Å²) in [6.45, 7) is 5.82. The van der Waals surface area contributed by atoms with E-state index < -0.39 is 0 Å². The molecule has 4 heteroatoms. The number of rotatable bonds is 8. The highest BCUT2D eigenvalue weighted by Crippen LogP contribution is 2.28. The molecule has 0 heterocycles. The normalized spacial score (nSPS) is 11.9. The van der Waals surface area contributed by atoms with E-state index in [2.05, 4.69) is 47.2 Å². The van der Waals surface area contributed by atoms with E-state index in [1.165, 1.54) is 5.56 Å². The van der Waals surface area contributed by atoms with Gasteiger partial charge in [0.2, 0.25) is 0 Å². The summed E-state index contributed by atoms with van der Waals surface area (Å²) < 4.78 is 6.87. The molecule has 0 spiro atoms. The molecule has 1 aromatic carbocycles. The topological polar surface area (TPSA) is 45.0 Å². The van der Waals surface area contributed by atoms with Crippen LogP contribution in [0.3, 0.4) is 0 Å². The number of nitriles is 1. The third-order valence-electron chi connectivity index (χ3n) is 2.89. The Labute approximate surface area is 124 Å². The zero-order valence-corrected chi connectivity index (χ0v) is 13.2. The van der Waals surface area contributed by atoms with E-state index >= 15 is 0 Å². The summed E-state index contributed by atoms with van der Waals surface area (Å²) in [4.78, 5) is 0. The Balaban J connectivity index is 2.64. The lowest BCUT2D eigenvalue weighted by Crippen LogP contribution is -2.18. The van der Waals surface area contributed by atoms with Gasteiger partial charge in [0, 0.05) is 22.5 Å². The number of benzene rings is 1. The predicted octanol–water partition coefficient (Wildman–Crippen LogP) is 4.19. The van der Waals surface area contributed by atoms with Crippen molar-refractivity contribution in [3.05, 3.63) is 28.2 Å². The minimum atomic E-state index is 0.271. The van der Waals surface area contributed by atoms with Crippen LogP contribution in [0.4, 0.5) is 0 Å². The summed E-state index contributed by atoms with van der Waals surface area (Å²) in [6, 6.07) is 8.55. The average Bonchev–Trinajstić information content (AvgIpc) is 2.39. The van der Waals surface area contributed by atoms with Gasteiger partial charge < -0.3 is 10.1 Å². The van der Waals surface area contributed by atoms with Crippen molar-refractivity contribution in [1.82, 2.24) is 5.32 Å². The maximum absolute atomic E-state index is 8.49. The van der Waals surface area contributed by atoms with Gasteiger partial charge >= 0.3 is 0 Å². The van der Waals surface area contributed by atoms with Crippen LogP contribution in [0.2, 0.25) is 0 Å². The number of ether oxygens (including phenoxy) is 1. The molecule has 0 saturated carbocycles. The SMILES string of the molecule is CCNC(C)c1ccc(Br)cc1OCCCCC#N. The first-order valence-electron chi connectivity index (χ1n) is 6.71. The minimum Gasteiger partial charge on any atom is -0.493 e. The molecule has 1 aromatic rings. The Kier molecular flexibility index (Phi) is 7.54. The number of hydrogen-bond acceptors (Lipinski definition) is 3. The van der Waals surface area contributed by atoms with E-state index in [0.29, 0.717) is 13.0 Å². The molecular formula is C15H21BrN2O. The van der Waals surface area contributed by atoms with Gasteiger partial charge in [-0.15, -0.1) is 0 Å². The standard InChI is InChI=1S/C15H21BrN2O/c1-3-18-12(2)14-8-7-13(16)11-15(14)19-10-6-4-5-9-17/h7-8,11-12,18H,3-6,10H2,1-2H3. The summed E-state index contributed by atoms with van der Waals surface area (Å²) in [6.07, 6.45) is 2.40. The van der Waals surface area contributed by atoms with Crippen molar-refractivity contribution in [3.63, 3.8) is 0 Å². The molecule has 0 saturated heterocycles. The molecule has 0 radical (unpaired) electrons. The predicted molar refractivity (Wildman–Crippen MR) is 81.2 cm³/mol. The van der Waals surface area contributed by atoms with Crippen molar-refractivity contribution >= 4 is 15.9 Å². The molecule has 0 aliphatic rings. The highest BCUT2D eigenvalue weighted by atomic mass is 79.9. The second-order valence-electron chi connectivity index (χ2n) is 4.43. The molecule has 0 bridgehead atoms. The van der Waals surface area contributed by atoms with E-state index in [1.54, 1.807) is 0 Å². The molecule has 1 rings (SSSR count). The largest absolute Gasteiger partial charge is 0.493 e. The van der Waals surface area contributed by atoms with Gasteiger partial charge in [0.25, 0.3) is 0 Å². The van der Waals surface area contributed by atoms with E-state index in [4.69, 9.17) is 10.00 Å². The molecule has 1 unspecified atom stereocenters. The van der Waals surface area contributed by atoms with Crippen LogP contribution in [0.5, 0.6) is 5.75 Å². The first kappa shape index (κ1) is 16.0. The molecule has 0 amide bonds. The zero-order valence-electron chi connectivity index (χ0n) is 11.6. The molecule has 0 aliphatic carbocycles. The Morgan fingerprint density at radius 3 is 2.89 bits per heavy atom. The molecule has 3 nitrogen and oxygen atoms in total. The quantitative estimate of drug-likeness (QED) is 0.729. The summed E-state index contributed by atoms with van der Waals surface area (Å²) in [5.41, 5.74) is 1.17. The fraction of sp³-hybridized carbons (Fsp3) is 0.533. The van der Waals surface area contributed by atoms with E-state index in [0.717, 1.165) is 29.6 Å². The second-order valence-corrected chi connectivity index (χ2v) is 5.34. The van der Waals surface area contributed by atoms with Gasteiger partial charge in [0.15, 0.2) is 0 Å². The van der Waals surface area contributed by atoms with Crippen LogP contribution in [0.15, 0.2) is 22.7 Å². The Morgan fingerprint density at radius 1 is 1.42 bits per heavy atom. The second kappa shape index (κ2) is 8.95. The van der Waals surface area contributed by atoms with Gasteiger partial charge in [-0.2, -0.15) is 5.26 Å². The van der Waals surface area contributed by atoms with E-state index in [9.17, 15) is 0 Å². The van der Waals surface area contributed by atoms with Gasteiger partial charge in [0.05, 0.1) is 12.7 Å². The average molecular weight is 325 g/mol. The maximum atomic E-state index is 8.49. The zero-order chi connectivity index (χ0) is 14.1. The van der Waals surface area contributed by atoms with E-state index in [-0.39, 0.29) is 6.04 Å². The van der Waals surface area contributed by atoms with Crippen molar-refractivity contribution in [3.8, 4) is 11.8 Å². The Hall–Kier alpha value is -1.05. The lowest BCUT2D eigenvalue weighted by atomic mass is 10.1. The van der Waals surface area contributed by atoms with Gasteiger partial charge in [0.1, 0.15) is 5.75 Å². The molecule has 104 valence electrons. The number of unbranched alkanes of at least 4 members (excludes halogenated alkanes) is 2.